The number of ketones is 1. The predicted octanol–water partition coefficient (Wildman–Crippen LogP) is 2.06. The number of hydrogen-bond acceptors (Lipinski definition) is 5. The summed E-state index contributed by atoms with van der Waals surface area (Å²) in [5.41, 5.74) is -1.35. The first-order chi connectivity index (χ1) is 9.91. The van der Waals surface area contributed by atoms with E-state index in [1.807, 2.05) is 19.1 Å². The highest BCUT2D eigenvalue weighted by Crippen LogP contribution is 2.35. The number of esters is 1. The summed E-state index contributed by atoms with van der Waals surface area (Å²) in [6.07, 6.45) is 7.03. The summed E-state index contributed by atoms with van der Waals surface area (Å²) in [4.78, 5) is 24.1. The van der Waals surface area contributed by atoms with Crippen LogP contribution in [0.4, 0.5) is 0 Å². The van der Waals surface area contributed by atoms with E-state index in [2.05, 4.69) is 0 Å². The number of hydrogen-bond donors (Lipinski definition) is 1. The zero-order valence-corrected chi connectivity index (χ0v) is 12.9. The quantitative estimate of drug-likeness (QED) is 0.442. The summed E-state index contributed by atoms with van der Waals surface area (Å²) >= 11 is 0. The second-order valence-corrected chi connectivity index (χ2v) is 4.89. The molecule has 1 aliphatic heterocycles. The van der Waals surface area contributed by atoms with Crippen molar-refractivity contribution in [3.05, 3.63) is 35.6 Å². The lowest BCUT2D eigenvalue weighted by atomic mass is 9.97. The van der Waals surface area contributed by atoms with Crippen LogP contribution < -0.4 is 0 Å². The average molecular weight is 294 g/mol. The molecule has 0 radical (unpaired) electrons. The van der Waals surface area contributed by atoms with Gasteiger partial charge in [-0.2, -0.15) is 0 Å². The molecule has 0 aromatic rings. The van der Waals surface area contributed by atoms with Crippen LogP contribution in [0.1, 0.15) is 33.6 Å². The summed E-state index contributed by atoms with van der Waals surface area (Å²) in [6.45, 7) is 5.30. The molecule has 1 N–H and O–H groups in total. The largest absolute Gasteiger partial charge is 0.495 e. The van der Waals surface area contributed by atoms with Gasteiger partial charge in [-0.15, -0.1) is 0 Å². The Morgan fingerprint density at radius 1 is 1.43 bits per heavy atom. The molecule has 1 rings (SSSR count). The Bertz CT molecular complexity index is 501. The lowest BCUT2D eigenvalue weighted by Crippen LogP contribution is -2.26. The number of methoxy groups -OCH3 is 1. The van der Waals surface area contributed by atoms with Gasteiger partial charge < -0.3 is 14.6 Å². The SMILES string of the molecule is CCC=CC=CC1(C)OC(=O)C(C(=O)C(O)CC)=C1OC. The Morgan fingerprint density at radius 2 is 2.10 bits per heavy atom. The number of Topliss-reactive ketones (excluding diaryl/α,β-unsaturated/α-hetero) is 1. The van der Waals surface area contributed by atoms with Crippen molar-refractivity contribution in [2.75, 3.05) is 7.11 Å². The molecule has 2 unspecified atom stereocenters. The number of carbonyl (C=O) groups is 2. The van der Waals surface area contributed by atoms with Crippen molar-refractivity contribution in [3.8, 4) is 0 Å². The summed E-state index contributed by atoms with van der Waals surface area (Å²) in [5, 5.41) is 9.66. The zero-order chi connectivity index (χ0) is 16.0. The van der Waals surface area contributed by atoms with Gasteiger partial charge in [0.25, 0.3) is 0 Å². The van der Waals surface area contributed by atoms with Gasteiger partial charge in [-0.25, -0.2) is 4.79 Å². The van der Waals surface area contributed by atoms with Crippen LogP contribution in [0.25, 0.3) is 0 Å². The van der Waals surface area contributed by atoms with Gasteiger partial charge in [-0.3, -0.25) is 4.79 Å². The Morgan fingerprint density at radius 3 is 2.62 bits per heavy atom. The van der Waals surface area contributed by atoms with Crippen LogP contribution in [0, 0.1) is 0 Å². The molecular formula is C16H22O5. The first kappa shape index (κ1) is 17.2. The van der Waals surface area contributed by atoms with E-state index in [1.54, 1.807) is 26.0 Å². The lowest BCUT2D eigenvalue weighted by molar-refractivity contribution is -0.145. The molecule has 0 aromatic carbocycles. The van der Waals surface area contributed by atoms with Crippen LogP contribution in [0.5, 0.6) is 0 Å². The number of allylic oxidation sites excluding steroid dienone is 3. The highest BCUT2D eigenvalue weighted by atomic mass is 16.6. The zero-order valence-electron chi connectivity index (χ0n) is 12.9. The molecule has 0 saturated carbocycles. The van der Waals surface area contributed by atoms with Gasteiger partial charge in [0.1, 0.15) is 11.7 Å². The van der Waals surface area contributed by atoms with E-state index < -0.39 is 23.5 Å². The fourth-order valence-corrected chi connectivity index (χ4v) is 2.06. The van der Waals surface area contributed by atoms with Crippen LogP contribution >= 0.6 is 0 Å². The highest BCUT2D eigenvalue weighted by Gasteiger charge is 2.47. The van der Waals surface area contributed by atoms with E-state index >= 15 is 0 Å². The minimum Gasteiger partial charge on any atom is -0.495 e. The van der Waals surface area contributed by atoms with E-state index in [0.29, 0.717) is 0 Å². The van der Waals surface area contributed by atoms with Crippen molar-refractivity contribution in [2.45, 2.75) is 45.3 Å². The molecule has 0 spiro atoms. The van der Waals surface area contributed by atoms with Crippen molar-refractivity contribution < 1.29 is 24.2 Å². The number of cyclic esters (lactones) is 1. The maximum absolute atomic E-state index is 12.1. The minimum atomic E-state index is -1.23. The molecule has 0 fully saturated rings. The molecule has 0 amide bonds. The number of carbonyl (C=O) groups excluding carboxylic acids is 2. The molecule has 0 bridgehead atoms. The minimum absolute atomic E-state index is 0.131. The lowest BCUT2D eigenvalue weighted by Gasteiger charge is -2.21. The molecule has 21 heavy (non-hydrogen) atoms. The fraction of sp³-hybridized carbons (Fsp3) is 0.500. The van der Waals surface area contributed by atoms with Crippen molar-refractivity contribution in [3.63, 3.8) is 0 Å². The molecule has 0 aromatic heterocycles. The Kier molecular flexibility index (Phi) is 5.90. The summed E-state index contributed by atoms with van der Waals surface area (Å²) in [5.74, 6) is -1.30. The normalized spacial score (nSPS) is 24.0. The molecule has 0 saturated heterocycles. The molecule has 2 atom stereocenters. The van der Waals surface area contributed by atoms with Crippen LogP contribution in [-0.4, -0.2) is 35.7 Å². The fourth-order valence-electron chi connectivity index (χ4n) is 2.06. The van der Waals surface area contributed by atoms with E-state index in [9.17, 15) is 14.7 Å². The highest BCUT2D eigenvalue weighted by molar-refractivity contribution is 6.21. The van der Waals surface area contributed by atoms with E-state index in [0.717, 1.165) is 6.42 Å². The summed E-state index contributed by atoms with van der Waals surface area (Å²) in [6, 6.07) is 0. The molecule has 5 heteroatoms. The van der Waals surface area contributed by atoms with E-state index in [1.165, 1.54) is 7.11 Å². The van der Waals surface area contributed by atoms with Gasteiger partial charge in [-0.1, -0.05) is 32.1 Å². The van der Waals surface area contributed by atoms with Crippen LogP contribution in [0.15, 0.2) is 35.6 Å². The van der Waals surface area contributed by atoms with Crippen LogP contribution in [0.2, 0.25) is 0 Å². The van der Waals surface area contributed by atoms with Crippen molar-refractivity contribution in [1.29, 1.82) is 0 Å². The van der Waals surface area contributed by atoms with Gasteiger partial charge in [0.2, 0.25) is 5.78 Å². The molecule has 1 aliphatic rings. The number of rotatable bonds is 7. The van der Waals surface area contributed by atoms with Gasteiger partial charge in [-0.05, 0) is 25.8 Å². The Labute approximate surface area is 124 Å². The van der Waals surface area contributed by atoms with Crippen molar-refractivity contribution >= 4 is 11.8 Å². The third-order valence-electron chi connectivity index (χ3n) is 3.22. The van der Waals surface area contributed by atoms with Crippen molar-refractivity contribution in [2.24, 2.45) is 0 Å². The number of aliphatic hydroxyl groups is 1. The first-order valence-corrected chi connectivity index (χ1v) is 7.00. The molecule has 5 nitrogen and oxygen atoms in total. The summed E-state index contributed by atoms with van der Waals surface area (Å²) < 4.78 is 10.5. The monoisotopic (exact) mass is 294 g/mol. The number of ether oxygens (including phenoxy) is 2. The van der Waals surface area contributed by atoms with Gasteiger partial charge >= 0.3 is 5.97 Å². The van der Waals surface area contributed by atoms with E-state index in [4.69, 9.17) is 9.47 Å². The molecule has 1 heterocycles. The maximum atomic E-state index is 12.1. The number of aliphatic hydroxyl groups excluding tert-OH is 1. The van der Waals surface area contributed by atoms with Gasteiger partial charge in [0.05, 0.1) is 7.11 Å². The first-order valence-electron chi connectivity index (χ1n) is 7.00. The van der Waals surface area contributed by atoms with Gasteiger partial charge in [0, 0.05) is 0 Å². The summed E-state index contributed by atoms with van der Waals surface area (Å²) in [7, 11) is 1.37. The average Bonchev–Trinajstić information content (AvgIpc) is 2.72. The maximum Gasteiger partial charge on any atom is 0.346 e. The van der Waals surface area contributed by atoms with E-state index in [-0.39, 0.29) is 17.8 Å². The molecule has 116 valence electrons. The predicted molar refractivity (Wildman–Crippen MR) is 78.4 cm³/mol. The standard InChI is InChI=1S/C16H22O5/c1-5-7-8-9-10-16(3)14(20-4)12(15(19)21-16)13(18)11(17)6-2/h7-11,17H,5-6H2,1-4H3. The van der Waals surface area contributed by atoms with Crippen LogP contribution in [0.3, 0.4) is 0 Å². The smallest absolute Gasteiger partial charge is 0.346 e. The van der Waals surface area contributed by atoms with Crippen molar-refractivity contribution in [1.82, 2.24) is 0 Å². The molecule has 0 aliphatic carbocycles. The third-order valence-corrected chi connectivity index (χ3v) is 3.22. The molecular weight excluding hydrogens is 272 g/mol. The third kappa shape index (κ3) is 3.61. The Hall–Kier alpha value is -1.88. The topological polar surface area (TPSA) is 72.8 Å². The van der Waals surface area contributed by atoms with Gasteiger partial charge in [0.15, 0.2) is 11.4 Å². The second kappa shape index (κ2) is 7.22. The Balaban J connectivity index is 3.18. The second-order valence-electron chi connectivity index (χ2n) is 4.89. The van der Waals surface area contributed by atoms with Crippen LogP contribution in [-0.2, 0) is 19.1 Å².